The van der Waals surface area contributed by atoms with Gasteiger partial charge in [0.25, 0.3) is 0 Å². The molecule has 0 spiro atoms. The molecule has 0 aromatic heterocycles. The fraction of sp³-hybridized carbons (Fsp3) is 0.467. The van der Waals surface area contributed by atoms with Crippen molar-refractivity contribution in [2.75, 3.05) is 6.61 Å². The van der Waals surface area contributed by atoms with Crippen molar-refractivity contribution in [3.05, 3.63) is 44.2 Å². The van der Waals surface area contributed by atoms with Crippen LogP contribution >= 0.6 is 0 Å². The molecule has 0 heterocycles. The predicted molar refractivity (Wildman–Crippen MR) is 69.3 cm³/mol. The van der Waals surface area contributed by atoms with E-state index in [0.717, 1.165) is 12.8 Å². The second kappa shape index (κ2) is 8.69. The SMILES string of the molecule is CCCC[O-].[CH3][Ti+]([C]1=CC=CC1)[C]1=CC=CC1. The van der Waals surface area contributed by atoms with E-state index in [1.807, 2.05) is 6.92 Å². The number of allylic oxidation sites excluding steroid dienone is 8. The second-order valence-electron chi connectivity index (χ2n) is 4.33. The third kappa shape index (κ3) is 5.20. The Kier molecular flexibility index (Phi) is 7.51. The molecule has 17 heavy (non-hydrogen) atoms. The van der Waals surface area contributed by atoms with Crippen molar-refractivity contribution in [3.8, 4) is 0 Å². The Morgan fingerprint density at radius 3 is 1.88 bits per heavy atom. The Morgan fingerprint density at radius 1 is 1.12 bits per heavy atom. The number of hydrogen-bond donors (Lipinski definition) is 0. The van der Waals surface area contributed by atoms with Crippen LogP contribution in [0.25, 0.3) is 0 Å². The quantitative estimate of drug-likeness (QED) is 0.714. The Bertz CT molecular complexity index is 305. The molecule has 0 aliphatic heterocycles. The summed E-state index contributed by atoms with van der Waals surface area (Å²) < 4.78 is 3.45. The van der Waals surface area contributed by atoms with E-state index < -0.39 is 17.9 Å². The zero-order valence-corrected chi connectivity index (χ0v) is 12.5. The Balaban J connectivity index is 0.000000249. The molecule has 2 aliphatic carbocycles. The maximum absolute atomic E-state index is 9.53. The Hall–Kier alpha value is -0.366. The molecule has 0 N–H and O–H groups in total. The van der Waals surface area contributed by atoms with Crippen molar-refractivity contribution in [1.29, 1.82) is 0 Å². The van der Waals surface area contributed by atoms with Gasteiger partial charge in [0.2, 0.25) is 0 Å². The van der Waals surface area contributed by atoms with Gasteiger partial charge < -0.3 is 5.11 Å². The predicted octanol–water partition coefficient (Wildman–Crippen LogP) is 3.49. The molecule has 2 heteroatoms. The average molecular weight is 266 g/mol. The van der Waals surface area contributed by atoms with Crippen molar-refractivity contribution in [2.45, 2.75) is 37.8 Å². The summed E-state index contributed by atoms with van der Waals surface area (Å²) in [4.78, 5) is 0. The summed E-state index contributed by atoms with van der Waals surface area (Å²) in [5, 5.41) is 12.0. The molecule has 0 amide bonds. The van der Waals surface area contributed by atoms with E-state index >= 15 is 0 Å². The van der Waals surface area contributed by atoms with Gasteiger partial charge in [0.1, 0.15) is 0 Å². The molecule has 0 saturated carbocycles. The number of unbranched alkanes of at least 4 members (excludes halogenated alkanes) is 1. The zero-order chi connectivity index (χ0) is 12.5. The van der Waals surface area contributed by atoms with Crippen molar-refractivity contribution in [2.24, 2.45) is 0 Å². The molecule has 2 aliphatic rings. The molecule has 0 fully saturated rings. The maximum atomic E-state index is 9.53. The van der Waals surface area contributed by atoms with Crippen molar-refractivity contribution in [1.82, 2.24) is 0 Å². The Morgan fingerprint density at radius 2 is 1.65 bits per heavy atom. The average Bonchev–Trinajstić information content (AvgIpc) is 3.04. The summed E-state index contributed by atoms with van der Waals surface area (Å²) in [6.07, 6.45) is 17.9. The van der Waals surface area contributed by atoms with Crippen LogP contribution in [0.2, 0.25) is 5.23 Å². The molecule has 92 valence electrons. The fourth-order valence-electron chi connectivity index (χ4n) is 1.80. The summed E-state index contributed by atoms with van der Waals surface area (Å²) >= 11 is -0.981. The first-order valence-electron chi connectivity index (χ1n) is 6.43. The minimum atomic E-state index is -0.981. The summed E-state index contributed by atoms with van der Waals surface area (Å²) in [6.45, 7) is 2.11. The monoisotopic (exact) mass is 266 g/mol. The molecule has 0 saturated heterocycles. The van der Waals surface area contributed by atoms with Gasteiger partial charge in [-0.15, -0.1) is 6.61 Å². The Labute approximate surface area is 111 Å². The molecule has 0 radical (unpaired) electrons. The van der Waals surface area contributed by atoms with E-state index in [4.69, 9.17) is 0 Å². The molecule has 0 unspecified atom stereocenters. The van der Waals surface area contributed by atoms with E-state index in [1.54, 1.807) is 7.76 Å². The third-order valence-electron chi connectivity index (χ3n) is 3.00. The number of hydrogen-bond acceptors (Lipinski definition) is 1. The number of rotatable bonds is 4. The standard InChI is InChI=1S/2C5H5.C4H9O.CH3.Ti/c2*1-2-4-5-3-1;1-2-3-4-5;;/h2*1-3H,4H2;2-4H2,1H3;1H3;/q;;-1;;+1. The molecular formula is C15H22OTi. The first-order chi connectivity index (χ1) is 8.29. The molecule has 0 atom stereocenters. The van der Waals surface area contributed by atoms with Crippen LogP contribution in [-0.2, 0) is 17.9 Å². The molecule has 0 aromatic rings. The van der Waals surface area contributed by atoms with Crippen LogP contribution in [0, 0.1) is 0 Å². The van der Waals surface area contributed by atoms with Gasteiger partial charge in [0.15, 0.2) is 0 Å². The summed E-state index contributed by atoms with van der Waals surface area (Å²) in [5.74, 6) is 0. The van der Waals surface area contributed by atoms with Crippen LogP contribution in [0.15, 0.2) is 44.2 Å². The molecular weight excluding hydrogens is 244 g/mol. The molecule has 2 rings (SSSR count). The van der Waals surface area contributed by atoms with E-state index in [0.29, 0.717) is 0 Å². The van der Waals surface area contributed by atoms with Crippen molar-refractivity contribution in [3.63, 3.8) is 0 Å². The molecule has 1 nitrogen and oxygen atoms in total. The van der Waals surface area contributed by atoms with E-state index in [2.05, 4.69) is 41.7 Å². The summed E-state index contributed by atoms with van der Waals surface area (Å²) in [5.41, 5.74) is 0. The van der Waals surface area contributed by atoms with Gasteiger partial charge in [-0.25, -0.2) is 0 Å². The van der Waals surface area contributed by atoms with Gasteiger partial charge in [-0.3, -0.25) is 0 Å². The van der Waals surface area contributed by atoms with Gasteiger partial charge >= 0.3 is 80.2 Å². The third-order valence-corrected chi connectivity index (χ3v) is 7.17. The molecule has 0 bridgehead atoms. The van der Waals surface area contributed by atoms with Gasteiger partial charge in [0.05, 0.1) is 0 Å². The van der Waals surface area contributed by atoms with E-state index in [1.165, 1.54) is 12.8 Å². The van der Waals surface area contributed by atoms with Crippen LogP contribution in [0.3, 0.4) is 0 Å². The first-order valence-corrected chi connectivity index (χ1v) is 9.55. The van der Waals surface area contributed by atoms with Crippen LogP contribution in [0.5, 0.6) is 0 Å². The van der Waals surface area contributed by atoms with Gasteiger partial charge in [-0.2, -0.15) is 0 Å². The second-order valence-corrected chi connectivity index (χ2v) is 8.29. The summed E-state index contributed by atoms with van der Waals surface area (Å²) in [7, 11) is 0. The van der Waals surface area contributed by atoms with E-state index in [9.17, 15) is 5.11 Å². The topological polar surface area (TPSA) is 23.1 Å². The zero-order valence-electron chi connectivity index (χ0n) is 10.9. The van der Waals surface area contributed by atoms with E-state index in [-0.39, 0.29) is 6.61 Å². The van der Waals surface area contributed by atoms with Crippen LogP contribution in [0.1, 0.15) is 32.6 Å². The van der Waals surface area contributed by atoms with Crippen molar-refractivity contribution >= 4 is 0 Å². The van der Waals surface area contributed by atoms with Crippen molar-refractivity contribution < 1.29 is 23.0 Å². The van der Waals surface area contributed by atoms with Gasteiger partial charge in [-0.1, -0.05) is 19.8 Å². The molecule has 0 aromatic carbocycles. The van der Waals surface area contributed by atoms with Crippen LogP contribution in [0.4, 0.5) is 0 Å². The summed E-state index contributed by atoms with van der Waals surface area (Å²) in [6, 6.07) is 0. The van der Waals surface area contributed by atoms with Gasteiger partial charge in [0, 0.05) is 0 Å². The van der Waals surface area contributed by atoms with Crippen LogP contribution < -0.4 is 5.11 Å². The first kappa shape index (κ1) is 14.7. The van der Waals surface area contributed by atoms with Gasteiger partial charge in [-0.05, 0) is 0 Å². The normalized spacial score (nSPS) is 16.4. The van der Waals surface area contributed by atoms with Crippen LogP contribution in [-0.4, -0.2) is 6.61 Å². The minimum absolute atomic E-state index is 0.0938. The fourth-order valence-corrected chi connectivity index (χ4v) is 4.85.